The molecule has 232 valence electrons. The molecule has 2 fully saturated rings. The minimum Gasteiger partial charge on any atom is -0.394 e. The van der Waals surface area contributed by atoms with Crippen molar-refractivity contribution in [2.75, 3.05) is 24.6 Å². The van der Waals surface area contributed by atoms with Gasteiger partial charge < -0.3 is 19.8 Å². The second-order valence-corrected chi connectivity index (χ2v) is 14.9. The average molecular weight is 634 g/mol. The quantitative estimate of drug-likeness (QED) is 0.422. The van der Waals surface area contributed by atoms with Gasteiger partial charge in [-0.1, -0.05) is 98.6 Å². The van der Waals surface area contributed by atoms with Crippen molar-refractivity contribution < 1.29 is 19.5 Å². The number of likely N-dealkylation sites (tertiary alicyclic amines) is 1. The number of hydrogen-bond acceptors (Lipinski definition) is 5. The van der Waals surface area contributed by atoms with E-state index in [-0.39, 0.29) is 36.8 Å². The number of carbonyl (C=O) groups is 3. The fraction of sp³-hybridized carbons (Fsp3) is 0.457. The standard InChI is InChI=1S/C35H40ClN3O4S/c1-5-22(2)26(21-40)39-30-33(43)38(29-23(3)12-9-15-25(29)36)19-11-17-35(30)28(32(39)42)27-31(41)37(18-10-16-34(27,4)44-35)20-24-13-7-6-8-14-24/h6-17,22,26-28,30,40H,5,18-21H2,1-4H3/t22-,26-,27+,28-,30?,34-,35-/m0/s1. The second kappa shape index (κ2) is 11.7. The van der Waals surface area contributed by atoms with Crippen LogP contribution in [0.3, 0.4) is 0 Å². The summed E-state index contributed by atoms with van der Waals surface area (Å²) in [6.45, 7) is 8.86. The van der Waals surface area contributed by atoms with Crippen LogP contribution in [-0.2, 0) is 20.9 Å². The van der Waals surface area contributed by atoms with E-state index in [9.17, 15) is 19.5 Å². The van der Waals surface area contributed by atoms with E-state index in [1.54, 1.807) is 27.6 Å². The molecule has 2 aromatic rings. The highest BCUT2D eigenvalue weighted by molar-refractivity contribution is 8.02. The minimum atomic E-state index is -1.01. The highest BCUT2D eigenvalue weighted by Crippen LogP contribution is 2.66. The maximum atomic E-state index is 14.9. The van der Waals surface area contributed by atoms with Gasteiger partial charge >= 0.3 is 0 Å². The van der Waals surface area contributed by atoms with E-state index in [4.69, 9.17) is 11.6 Å². The topological polar surface area (TPSA) is 81.2 Å². The third kappa shape index (κ3) is 4.72. The van der Waals surface area contributed by atoms with Gasteiger partial charge in [0.25, 0.3) is 5.91 Å². The molecule has 0 aliphatic carbocycles. The molecule has 7 nitrogen and oxygen atoms in total. The summed E-state index contributed by atoms with van der Waals surface area (Å²) < 4.78 is -1.72. The Kier molecular flexibility index (Phi) is 8.22. The average Bonchev–Trinajstić information content (AvgIpc) is 3.28. The summed E-state index contributed by atoms with van der Waals surface area (Å²) >= 11 is 8.26. The summed E-state index contributed by atoms with van der Waals surface area (Å²) in [5, 5.41) is 11.2. The van der Waals surface area contributed by atoms with E-state index in [0.717, 1.165) is 17.5 Å². The number of benzene rings is 2. The molecule has 7 atom stereocenters. The molecule has 4 heterocycles. The van der Waals surface area contributed by atoms with Crippen molar-refractivity contribution >= 4 is 46.8 Å². The first kappa shape index (κ1) is 30.9. The van der Waals surface area contributed by atoms with Crippen LogP contribution in [0.4, 0.5) is 5.69 Å². The first-order chi connectivity index (χ1) is 21.1. The fourth-order valence-electron chi connectivity index (χ4n) is 7.79. The van der Waals surface area contributed by atoms with Gasteiger partial charge in [0.1, 0.15) is 6.04 Å². The second-order valence-electron chi connectivity index (χ2n) is 12.7. The van der Waals surface area contributed by atoms with Crippen LogP contribution in [0.1, 0.15) is 38.3 Å². The molecule has 6 rings (SSSR count). The van der Waals surface area contributed by atoms with Crippen LogP contribution in [0, 0.1) is 24.7 Å². The van der Waals surface area contributed by atoms with Gasteiger partial charge in [0, 0.05) is 24.4 Å². The molecule has 4 aliphatic rings. The number of aliphatic hydroxyl groups is 1. The van der Waals surface area contributed by atoms with E-state index in [0.29, 0.717) is 23.8 Å². The van der Waals surface area contributed by atoms with Crippen LogP contribution in [0.25, 0.3) is 0 Å². The predicted octanol–water partition coefficient (Wildman–Crippen LogP) is 5.24. The first-order valence-corrected chi connectivity index (χ1v) is 16.6. The Morgan fingerprint density at radius 1 is 0.977 bits per heavy atom. The first-order valence-electron chi connectivity index (χ1n) is 15.5. The summed E-state index contributed by atoms with van der Waals surface area (Å²) in [5.74, 6) is -2.09. The Hall–Kier alpha value is -3.07. The van der Waals surface area contributed by atoms with Crippen molar-refractivity contribution in [2.24, 2.45) is 17.8 Å². The van der Waals surface area contributed by atoms with E-state index >= 15 is 0 Å². The zero-order valence-electron chi connectivity index (χ0n) is 25.7. The van der Waals surface area contributed by atoms with E-state index < -0.39 is 33.4 Å². The van der Waals surface area contributed by atoms with Gasteiger partial charge in [0.15, 0.2) is 0 Å². The molecule has 0 aromatic heterocycles. The lowest BCUT2D eigenvalue weighted by atomic mass is 9.74. The molecule has 44 heavy (non-hydrogen) atoms. The van der Waals surface area contributed by atoms with Crippen molar-refractivity contribution in [3.05, 3.63) is 89.0 Å². The monoisotopic (exact) mass is 633 g/mol. The van der Waals surface area contributed by atoms with Crippen molar-refractivity contribution in [1.82, 2.24) is 9.80 Å². The highest BCUT2D eigenvalue weighted by atomic mass is 35.5. The maximum Gasteiger partial charge on any atom is 0.251 e. The Labute approximate surface area is 268 Å². The molecule has 1 spiro atoms. The summed E-state index contributed by atoms with van der Waals surface area (Å²) in [5.41, 5.74) is 2.49. The Morgan fingerprint density at radius 3 is 2.39 bits per heavy atom. The molecular weight excluding hydrogens is 594 g/mol. The molecule has 1 unspecified atom stereocenters. The minimum absolute atomic E-state index is 0.0638. The number of amides is 3. The third-order valence-corrected chi connectivity index (χ3v) is 12.2. The van der Waals surface area contributed by atoms with Gasteiger partial charge in [-0.25, -0.2) is 0 Å². The summed E-state index contributed by atoms with van der Waals surface area (Å²) in [6, 6.07) is 13.9. The SMILES string of the molecule is CC[C@H](C)[C@H](CO)N1C(=O)[C@@H]2[C@@H]3C(=O)N(Cc4ccccc4)CC=C[C@]3(C)S[C@@]23C=CCN(c2c(C)cccc2Cl)C(=O)C13. The summed E-state index contributed by atoms with van der Waals surface area (Å²) in [4.78, 5) is 49.6. The van der Waals surface area contributed by atoms with Gasteiger partial charge in [-0.3, -0.25) is 14.4 Å². The van der Waals surface area contributed by atoms with Crippen molar-refractivity contribution in [2.45, 2.75) is 62.2 Å². The van der Waals surface area contributed by atoms with Crippen LogP contribution in [-0.4, -0.2) is 73.9 Å². The number of nitrogens with zero attached hydrogens (tertiary/aromatic N) is 3. The van der Waals surface area contributed by atoms with Crippen molar-refractivity contribution in [3.63, 3.8) is 0 Å². The van der Waals surface area contributed by atoms with Gasteiger partial charge in [-0.05, 0) is 37.0 Å². The third-order valence-electron chi connectivity index (χ3n) is 10.1. The number of aryl methyl sites for hydroxylation is 1. The fourth-order valence-corrected chi connectivity index (χ4v) is 10.3. The lowest BCUT2D eigenvalue weighted by Crippen LogP contribution is -2.58. The molecule has 3 amide bonds. The molecule has 4 aliphatic heterocycles. The Balaban J connectivity index is 1.49. The molecule has 2 saturated heterocycles. The largest absolute Gasteiger partial charge is 0.394 e. The molecule has 1 N–H and O–H groups in total. The van der Waals surface area contributed by atoms with E-state index in [1.165, 1.54) is 0 Å². The lowest BCUT2D eigenvalue weighted by molar-refractivity contribution is -0.146. The van der Waals surface area contributed by atoms with Gasteiger partial charge in [-0.2, -0.15) is 0 Å². The molecule has 0 saturated carbocycles. The predicted molar refractivity (Wildman–Crippen MR) is 175 cm³/mol. The Morgan fingerprint density at radius 2 is 1.70 bits per heavy atom. The van der Waals surface area contributed by atoms with Crippen LogP contribution < -0.4 is 4.90 Å². The number of fused-ring (bicyclic) bond motifs is 2. The van der Waals surface area contributed by atoms with Gasteiger partial charge in [0.05, 0.1) is 39.9 Å². The number of carbonyl (C=O) groups excluding carboxylic acids is 3. The molecule has 0 bridgehead atoms. The number of rotatable bonds is 7. The van der Waals surface area contributed by atoms with E-state index in [2.05, 4.69) is 6.08 Å². The van der Waals surface area contributed by atoms with Crippen LogP contribution in [0.2, 0.25) is 5.02 Å². The Bertz CT molecular complexity index is 1510. The van der Waals surface area contributed by atoms with Gasteiger partial charge in [-0.15, -0.1) is 11.8 Å². The van der Waals surface area contributed by atoms with Crippen molar-refractivity contribution in [1.29, 1.82) is 0 Å². The molecule has 9 heteroatoms. The number of aliphatic hydroxyl groups excluding tert-OH is 1. The molecule has 0 radical (unpaired) electrons. The van der Waals surface area contributed by atoms with Crippen LogP contribution in [0.15, 0.2) is 72.8 Å². The van der Waals surface area contributed by atoms with Gasteiger partial charge in [0.2, 0.25) is 11.8 Å². The smallest absolute Gasteiger partial charge is 0.251 e. The number of hydrogen-bond donors (Lipinski definition) is 1. The number of anilines is 1. The van der Waals surface area contributed by atoms with Crippen LogP contribution in [0.5, 0.6) is 0 Å². The summed E-state index contributed by atoms with van der Waals surface area (Å²) in [7, 11) is 0. The maximum absolute atomic E-state index is 14.9. The normalized spacial score (nSPS) is 31.0. The van der Waals surface area contributed by atoms with E-state index in [1.807, 2.05) is 93.3 Å². The molecule has 2 aromatic carbocycles. The highest BCUT2D eigenvalue weighted by Gasteiger charge is 2.74. The van der Waals surface area contributed by atoms with Crippen molar-refractivity contribution in [3.8, 4) is 0 Å². The number of thioether (sulfide) groups is 1. The number of halogens is 1. The zero-order chi connectivity index (χ0) is 31.4. The van der Waals surface area contributed by atoms with Crippen LogP contribution >= 0.6 is 23.4 Å². The number of para-hydroxylation sites is 1. The molecular formula is C35H40ClN3O4S. The summed E-state index contributed by atoms with van der Waals surface area (Å²) in [6.07, 6.45) is 8.80. The zero-order valence-corrected chi connectivity index (χ0v) is 27.2. The lowest BCUT2D eigenvalue weighted by Gasteiger charge is -2.41.